The minimum Gasteiger partial charge on any atom is -0.478 e. The Morgan fingerprint density at radius 1 is 1.05 bits per heavy atom. The number of hydrogen-bond donors (Lipinski definition) is 2. The number of carboxylic acid groups (broad SMARTS) is 1. The Hall–Kier alpha value is -2.55. The van der Waals surface area contributed by atoms with Gasteiger partial charge in [-0.25, -0.2) is 4.79 Å². The van der Waals surface area contributed by atoms with Gasteiger partial charge >= 0.3 is 5.97 Å². The lowest BCUT2D eigenvalue weighted by Gasteiger charge is -2.25. The first-order chi connectivity index (χ1) is 9.75. The van der Waals surface area contributed by atoms with E-state index in [9.17, 15) is 9.90 Å². The van der Waals surface area contributed by atoms with Crippen molar-refractivity contribution in [2.24, 2.45) is 5.92 Å². The fraction of sp³-hybridized carbons (Fsp3) is 0.118. The summed E-state index contributed by atoms with van der Waals surface area (Å²) < 4.78 is 0. The minimum atomic E-state index is -0.849. The van der Waals surface area contributed by atoms with E-state index in [2.05, 4.69) is 17.5 Å². The van der Waals surface area contributed by atoms with E-state index in [4.69, 9.17) is 0 Å². The molecule has 98 valence electrons. The van der Waals surface area contributed by atoms with E-state index in [1.165, 1.54) is 0 Å². The molecular weight excluding hydrogens is 250 g/mol. The summed E-state index contributed by atoms with van der Waals surface area (Å²) >= 11 is 0. The molecule has 3 nitrogen and oxygen atoms in total. The molecule has 2 N–H and O–H groups in total. The molecule has 1 heterocycles. The van der Waals surface area contributed by atoms with Crippen LogP contribution in [0.15, 0.2) is 82.7 Å². The summed E-state index contributed by atoms with van der Waals surface area (Å²) in [7, 11) is 0. The Kier molecular flexibility index (Phi) is 2.24. The lowest BCUT2D eigenvalue weighted by molar-refractivity contribution is -0.133. The second-order valence-corrected chi connectivity index (χ2v) is 5.19. The Labute approximate surface area is 116 Å². The van der Waals surface area contributed by atoms with Gasteiger partial charge in [0.15, 0.2) is 0 Å². The molecule has 0 amide bonds. The summed E-state index contributed by atoms with van der Waals surface area (Å²) in [5.74, 6) is -1.00. The molecule has 0 aromatic rings. The highest BCUT2D eigenvalue weighted by Gasteiger charge is 2.35. The molecular formula is C17H13NO2. The first-order valence-corrected chi connectivity index (χ1v) is 6.65. The highest BCUT2D eigenvalue weighted by atomic mass is 16.4. The zero-order valence-electron chi connectivity index (χ0n) is 10.7. The zero-order chi connectivity index (χ0) is 13.7. The molecule has 1 aliphatic heterocycles. The molecule has 2 unspecified atom stereocenters. The van der Waals surface area contributed by atoms with Gasteiger partial charge in [0, 0.05) is 22.8 Å². The van der Waals surface area contributed by atoms with E-state index in [1.807, 2.05) is 42.5 Å². The number of carbonyl (C=O) groups is 1. The number of nitrogens with one attached hydrogen (secondary N) is 1. The number of hydrogen-bond acceptors (Lipinski definition) is 2. The van der Waals surface area contributed by atoms with Crippen LogP contribution < -0.4 is 5.32 Å². The molecule has 3 heteroatoms. The van der Waals surface area contributed by atoms with Crippen LogP contribution in [0.25, 0.3) is 0 Å². The second-order valence-electron chi connectivity index (χ2n) is 5.19. The van der Waals surface area contributed by atoms with Crippen LogP contribution in [-0.2, 0) is 4.79 Å². The van der Waals surface area contributed by atoms with E-state index in [0.29, 0.717) is 5.57 Å². The third-order valence-corrected chi connectivity index (χ3v) is 4.10. The molecule has 4 aliphatic rings. The number of fused-ring (bicyclic) bond motifs is 3. The number of carboxylic acids is 1. The van der Waals surface area contributed by atoms with Crippen LogP contribution >= 0.6 is 0 Å². The lowest BCUT2D eigenvalue weighted by Crippen LogP contribution is -2.26. The van der Waals surface area contributed by atoms with Gasteiger partial charge in [0.25, 0.3) is 0 Å². The molecule has 0 radical (unpaired) electrons. The number of allylic oxidation sites excluding steroid dienone is 8. The van der Waals surface area contributed by atoms with E-state index in [-0.39, 0.29) is 12.0 Å². The third-order valence-electron chi connectivity index (χ3n) is 4.10. The Morgan fingerprint density at radius 3 is 2.60 bits per heavy atom. The standard InChI is InChI=1S/C17H13NO2/c19-17(20)14-9-13-11-6-3-4-8-15(11)18-16(13)12-7-2-1-5-10(12)14/h1-10,15,18H,(H,19,20). The average molecular weight is 263 g/mol. The van der Waals surface area contributed by atoms with Crippen molar-refractivity contribution >= 4 is 5.97 Å². The van der Waals surface area contributed by atoms with E-state index < -0.39 is 5.97 Å². The summed E-state index contributed by atoms with van der Waals surface area (Å²) in [6.45, 7) is 0. The molecule has 0 aromatic heterocycles. The van der Waals surface area contributed by atoms with Crippen molar-refractivity contribution < 1.29 is 9.90 Å². The molecule has 0 fully saturated rings. The summed E-state index contributed by atoms with van der Waals surface area (Å²) in [4.78, 5) is 11.5. The van der Waals surface area contributed by atoms with E-state index in [0.717, 1.165) is 22.4 Å². The van der Waals surface area contributed by atoms with E-state index in [1.54, 1.807) is 0 Å². The molecule has 20 heavy (non-hydrogen) atoms. The van der Waals surface area contributed by atoms with Crippen LogP contribution in [0.5, 0.6) is 0 Å². The number of rotatable bonds is 1. The molecule has 0 saturated carbocycles. The van der Waals surface area contributed by atoms with Crippen molar-refractivity contribution in [3.05, 3.63) is 82.7 Å². The Morgan fingerprint density at radius 2 is 1.80 bits per heavy atom. The van der Waals surface area contributed by atoms with Gasteiger partial charge in [-0.05, 0) is 17.2 Å². The fourth-order valence-corrected chi connectivity index (χ4v) is 3.19. The number of aliphatic carboxylic acids is 1. The molecule has 0 saturated heterocycles. The maximum atomic E-state index is 11.5. The summed E-state index contributed by atoms with van der Waals surface area (Å²) in [5, 5.41) is 13.0. The zero-order valence-corrected chi connectivity index (χ0v) is 10.7. The van der Waals surface area contributed by atoms with Crippen LogP contribution in [0.1, 0.15) is 0 Å². The second kappa shape index (κ2) is 3.97. The summed E-state index contributed by atoms with van der Waals surface area (Å²) in [6.07, 6.45) is 17.8. The minimum absolute atomic E-state index is 0.154. The molecule has 4 rings (SSSR count). The van der Waals surface area contributed by atoms with Gasteiger partial charge < -0.3 is 10.4 Å². The van der Waals surface area contributed by atoms with Gasteiger partial charge in [-0.3, -0.25) is 0 Å². The predicted octanol–water partition coefficient (Wildman–Crippen LogP) is 2.40. The highest BCUT2D eigenvalue weighted by Crippen LogP contribution is 2.41. The predicted molar refractivity (Wildman–Crippen MR) is 76.7 cm³/mol. The molecule has 0 spiro atoms. The quantitative estimate of drug-likeness (QED) is 0.763. The first kappa shape index (κ1) is 11.3. The SMILES string of the molecule is O=C(O)C1=CC2=C3C=CC=CC3NC2=C2C=CC=CC12. The van der Waals surface area contributed by atoms with Gasteiger partial charge in [0.1, 0.15) is 0 Å². The molecule has 0 aromatic carbocycles. The van der Waals surface area contributed by atoms with Gasteiger partial charge in [-0.15, -0.1) is 0 Å². The fourth-order valence-electron chi connectivity index (χ4n) is 3.19. The Bertz CT molecular complexity index is 726. The van der Waals surface area contributed by atoms with Crippen molar-refractivity contribution in [2.75, 3.05) is 0 Å². The molecule has 0 bridgehead atoms. The highest BCUT2D eigenvalue weighted by molar-refractivity contribution is 5.91. The van der Waals surface area contributed by atoms with Crippen molar-refractivity contribution in [3.63, 3.8) is 0 Å². The molecule has 2 atom stereocenters. The van der Waals surface area contributed by atoms with Crippen molar-refractivity contribution in [2.45, 2.75) is 6.04 Å². The van der Waals surface area contributed by atoms with Gasteiger partial charge in [-0.2, -0.15) is 0 Å². The average Bonchev–Trinajstić information content (AvgIpc) is 2.85. The largest absolute Gasteiger partial charge is 0.478 e. The van der Waals surface area contributed by atoms with Crippen LogP contribution in [0.3, 0.4) is 0 Å². The smallest absolute Gasteiger partial charge is 0.332 e. The third kappa shape index (κ3) is 1.43. The van der Waals surface area contributed by atoms with Gasteiger partial charge in [-0.1, -0.05) is 48.6 Å². The van der Waals surface area contributed by atoms with Crippen molar-refractivity contribution in [3.8, 4) is 0 Å². The first-order valence-electron chi connectivity index (χ1n) is 6.65. The van der Waals surface area contributed by atoms with Crippen molar-refractivity contribution in [1.82, 2.24) is 5.32 Å². The summed E-state index contributed by atoms with van der Waals surface area (Å²) in [6, 6.07) is 0.154. The lowest BCUT2D eigenvalue weighted by atomic mass is 9.79. The van der Waals surface area contributed by atoms with Crippen LogP contribution in [0.2, 0.25) is 0 Å². The summed E-state index contributed by atoms with van der Waals surface area (Å²) in [5.41, 5.74) is 4.72. The topological polar surface area (TPSA) is 49.3 Å². The normalized spacial score (nSPS) is 28.9. The maximum Gasteiger partial charge on any atom is 0.332 e. The van der Waals surface area contributed by atoms with E-state index >= 15 is 0 Å². The van der Waals surface area contributed by atoms with Crippen LogP contribution in [0, 0.1) is 5.92 Å². The van der Waals surface area contributed by atoms with Crippen LogP contribution in [0.4, 0.5) is 0 Å². The van der Waals surface area contributed by atoms with Crippen LogP contribution in [-0.4, -0.2) is 17.1 Å². The van der Waals surface area contributed by atoms with Gasteiger partial charge in [0.05, 0.1) is 6.04 Å². The monoisotopic (exact) mass is 263 g/mol. The Balaban J connectivity index is 1.96. The van der Waals surface area contributed by atoms with Gasteiger partial charge in [0.2, 0.25) is 0 Å². The maximum absolute atomic E-state index is 11.5. The molecule has 3 aliphatic carbocycles. The van der Waals surface area contributed by atoms with Crippen molar-refractivity contribution in [1.29, 1.82) is 0 Å².